The third-order valence-corrected chi connectivity index (χ3v) is 3.94. The fraction of sp³-hybridized carbons (Fsp3) is 0.111. The number of benzene rings is 2. The summed E-state index contributed by atoms with van der Waals surface area (Å²) in [6.07, 6.45) is -5.01. The highest BCUT2D eigenvalue weighted by Crippen LogP contribution is 2.32. The molecule has 0 aliphatic heterocycles. The molecule has 0 aliphatic carbocycles. The number of nitrogens with two attached hydrogens (primary N) is 1. The van der Waals surface area contributed by atoms with Gasteiger partial charge in [-0.05, 0) is 24.3 Å². The first-order valence-corrected chi connectivity index (χ1v) is 8.08. The van der Waals surface area contributed by atoms with Crippen LogP contribution in [0.25, 0.3) is 11.0 Å². The molecule has 0 saturated heterocycles. The molecule has 3 aromatic rings. The van der Waals surface area contributed by atoms with E-state index in [4.69, 9.17) is 5.73 Å². The van der Waals surface area contributed by atoms with Crippen molar-refractivity contribution in [2.45, 2.75) is 12.6 Å². The summed E-state index contributed by atoms with van der Waals surface area (Å²) in [4.78, 5) is 41.7. The lowest BCUT2D eigenvalue weighted by Gasteiger charge is -2.13. The normalized spacial score (nSPS) is 11.4. The van der Waals surface area contributed by atoms with Crippen molar-refractivity contribution in [2.75, 3.05) is 5.32 Å². The van der Waals surface area contributed by atoms with E-state index in [1.807, 2.05) is 0 Å². The van der Waals surface area contributed by atoms with E-state index >= 15 is 0 Å². The minimum Gasteiger partial charge on any atom is -0.478 e. The second-order valence-corrected chi connectivity index (χ2v) is 6.05. The summed E-state index contributed by atoms with van der Waals surface area (Å²) < 4.78 is 39.4. The Morgan fingerprint density at radius 3 is 2.45 bits per heavy atom. The highest BCUT2D eigenvalue weighted by Gasteiger charge is 2.34. The van der Waals surface area contributed by atoms with Crippen LogP contribution in [0.1, 0.15) is 32.1 Å². The summed E-state index contributed by atoms with van der Waals surface area (Å²) in [5.41, 5.74) is 3.16. The molecule has 0 saturated carbocycles. The van der Waals surface area contributed by atoms with Crippen molar-refractivity contribution in [1.29, 1.82) is 0 Å². The van der Waals surface area contributed by atoms with Crippen molar-refractivity contribution in [1.82, 2.24) is 9.97 Å². The molecule has 29 heavy (non-hydrogen) atoms. The van der Waals surface area contributed by atoms with E-state index in [1.165, 1.54) is 12.1 Å². The summed E-state index contributed by atoms with van der Waals surface area (Å²) in [6, 6.07) is 6.57. The van der Waals surface area contributed by atoms with Crippen molar-refractivity contribution in [3.63, 3.8) is 0 Å². The fourth-order valence-electron chi connectivity index (χ4n) is 2.78. The van der Waals surface area contributed by atoms with Gasteiger partial charge in [0.15, 0.2) is 0 Å². The van der Waals surface area contributed by atoms with Gasteiger partial charge >= 0.3 is 12.1 Å². The first-order valence-electron chi connectivity index (χ1n) is 8.08. The zero-order valence-corrected chi connectivity index (χ0v) is 14.5. The molecule has 8 nitrogen and oxygen atoms in total. The molecule has 0 radical (unpaired) electrons. The topological polar surface area (TPSA) is 138 Å². The number of imidazole rings is 1. The third kappa shape index (κ3) is 4.18. The number of aromatic nitrogens is 2. The van der Waals surface area contributed by atoms with Crippen LogP contribution in [-0.4, -0.2) is 32.9 Å². The van der Waals surface area contributed by atoms with Crippen molar-refractivity contribution in [3.8, 4) is 0 Å². The van der Waals surface area contributed by atoms with Gasteiger partial charge in [0, 0.05) is 5.69 Å². The minimum atomic E-state index is -4.74. The standard InChI is InChI=1S/C18H13F3N4O4/c19-18(20,21)11-4-2-1-3-9(11)16(27)23-8-5-10(17(28)29)15-12(6-8)24-14(25-15)7-13(22)26/h1-6H,7H2,(H2,22,26)(H,23,27)(H,24,25)(H,28,29). The number of aromatic amines is 1. The van der Waals surface area contributed by atoms with Crippen molar-refractivity contribution >= 4 is 34.5 Å². The number of carbonyl (C=O) groups is 3. The quantitative estimate of drug-likeness (QED) is 0.516. The van der Waals surface area contributed by atoms with Gasteiger partial charge in [-0.2, -0.15) is 13.2 Å². The van der Waals surface area contributed by atoms with E-state index in [0.29, 0.717) is 0 Å². The lowest BCUT2D eigenvalue weighted by Crippen LogP contribution is -2.18. The first-order chi connectivity index (χ1) is 13.6. The fourth-order valence-corrected chi connectivity index (χ4v) is 2.78. The molecule has 0 fully saturated rings. The highest BCUT2D eigenvalue weighted by molar-refractivity contribution is 6.08. The maximum Gasteiger partial charge on any atom is 0.417 e. The number of amides is 2. The lowest BCUT2D eigenvalue weighted by molar-refractivity contribution is -0.137. The number of carboxylic acid groups (broad SMARTS) is 1. The Hall–Kier alpha value is -3.89. The molecule has 11 heteroatoms. The number of nitrogens with zero attached hydrogens (tertiary/aromatic N) is 1. The van der Waals surface area contributed by atoms with E-state index in [1.54, 1.807) is 0 Å². The second kappa shape index (κ2) is 7.26. The number of fused-ring (bicyclic) bond motifs is 1. The Kier molecular flexibility index (Phi) is 4.97. The Balaban J connectivity index is 2.02. The maximum atomic E-state index is 13.1. The van der Waals surface area contributed by atoms with Crippen LogP contribution < -0.4 is 11.1 Å². The average Bonchev–Trinajstić information content (AvgIpc) is 3.01. The van der Waals surface area contributed by atoms with Crippen LogP contribution in [0.5, 0.6) is 0 Å². The van der Waals surface area contributed by atoms with Crippen LogP contribution in [-0.2, 0) is 17.4 Å². The zero-order valence-electron chi connectivity index (χ0n) is 14.5. The molecule has 5 N–H and O–H groups in total. The Bertz CT molecular complexity index is 1140. The molecule has 0 unspecified atom stereocenters. The number of halogens is 3. The average molecular weight is 406 g/mol. The summed E-state index contributed by atoms with van der Waals surface area (Å²) in [7, 11) is 0. The third-order valence-electron chi connectivity index (χ3n) is 3.94. The number of H-pyrrole nitrogens is 1. The minimum absolute atomic E-state index is 0.0161. The van der Waals surface area contributed by atoms with Crippen molar-refractivity contribution in [3.05, 3.63) is 58.9 Å². The number of anilines is 1. The molecule has 0 aliphatic rings. The van der Waals surface area contributed by atoms with Gasteiger partial charge in [-0.25, -0.2) is 9.78 Å². The van der Waals surface area contributed by atoms with E-state index in [2.05, 4.69) is 15.3 Å². The van der Waals surface area contributed by atoms with Crippen LogP contribution in [0.4, 0.5) is 18.9 Å². The number of carboxylic acids is 1. The van der Waals surface area contributed by atoms with E-state index < -0.39 is 35.1 Å². The lowest BCUT2D eigenvalue weighted by atomic mass is 10.1. The molecule has 1 heterocycles. The Morgan fingerprint density at radius 2 is 1.83 bits per heavy atom. The highest BCUT2D eigenvalue weighted by atomic mass is 19.4. The van der Waals surface area contributed by atoms with Crippen LogP contribution >= 0.6 is 0 Å². The number of hydrogen-bond acceptors (Lipinski definition) is 4. The molecular formula is C18H13F3N4O4. The van der Waals surface area contributed by atoms with Crippen LogP contribution in [0.2, 0.25) is 0 Å². The number of aromatic carboxylic acids is 1. The molecule has 0 atom stereocenters. The number of primary amides is 1. The molecule has 2 amide bonds. The molecule has 150 valence electrons. The number of hydrogen-bond donors (Lipinski definition) is 4. The van der Waals surface area contributed by atoms with Gasteiger partial charge in [0.1, 0.15) is 11.3 Å². The summed E-state index contributed by atoms with van der Waals surface area (Å²) in [6.45, 7) is 0. The maximum absolute atomic E-state index is 13.1. The van der Waals surface area contributed by atoms with Crippen LogP contribution in [0.3, 0.4) is 0 Å². The summed E-state index contributed by atoms with van der Waals surface area (Å²) >= 11 is 0. The number of alkyl halides is 3. The SMILES string of the molecule is NC(=O)Cc1nc2c(C(=O)O)cc(NC(=O)c3ccccc3C(F)(F)F)cc2[nH]1. The van der Waals surface area contributed by atoms with E-state index in [-0.39, 0.29) is 34.5 Å². The van der Waals surface area contributed by atoms with Gasteiger partial charge in [0.2, 0.25) is 5.91 Å². The van der Waals surface area contributed by atoms with Gasteiger partial charge in [-0.15, -0.1) is 0 Å². The van der Waals surface area contributed by atoms with Crippen molar-refractivity contribution in [2.24, 2.45) is 5.73 Å². The number of nitrogens with one attached hydrogen (secondary N) is 2. The van der Waals surface area contributed by atoms with E-state index in [9.17, 15) is 32.7 Å². The smallest absolute Gasteiger partial charge is 0.417 e. The predicted octanol–water partition coefficient (Wildman–Crippen LogP) is 2.56. The Labute approximate surface area is 160 Å². The molecular weight excluding hydrogens is 393 g/mol. The first kappa shape index (κ1) is 19.9. The monoisotopic (exact) mass is 406 g/mol. The molecule has 3 rings (SSSR count). The van der Waals surface area contributed by atoms with Gasteiger partial charge < -0.3 is 21.1 Å². The van der Waals surface area contributed by atoms with Crippen LogP contribution in [0.15, 0.2) is 36.4 Å². The summed E-state index contributed by atoms with van der Waals surface area (Å²) in [5.74, 6) is -3.02. The van der Waals surface area contributed by atoms with Gasteiger partial charge in [0.25, 0.3) is 5.91 Å². The Morgan fingerprint density at radius 1 is 1.14 bits per heavy atom. The predicted molar refractivity (Wildman–Crippen MR) is 95.3 cm³/mol. The number of carbonyl (C=O) groups excluding carboxylic acids is 2. The van der Waals surface area contributed by atoms with Gasteiger partial charge in [-0.1, -0.05) is 12.1 Å². The molecule has 0 bridgehead atoms. The number of rotatable bonds is 5. The molecule has 1 aromatic heterocycles. The second-order valence-electron chi connectivity index (χ2n) is 6.05. The summed E-state index contributed by atoms with van der Waals surface area (Å²) in [5, 5.41) is 11.7. The van der Waals surface area contributed by atoms with Gasteiger partial charge in [-0.3, -0.25) is 9.59 Å². The largest absolute Gasteiger partial charge is 0.478 e. The van der Waals surface area contributed by atoms with E-state index in [0.717, 1.165) is 24.3 Å². The molecule has 2 aromatic carbocycles. The van der Waals surface area contributed by atoms with Gasteiger partial charge in [0.05, 0.1) is 28.6 Å². The zero-order chi connectivity index (χ0) is 21.3. The molecule has 0 spiro atoms. The van der Waals surface area contributed by atoms with Crippen LogP contribution in [0, 0.1) is 0 Å². The van der Waals surface area contributed by atoms with Crippen molar-refractivity contribution < 1.29 is 32.7 Å².